The molecule has 0 radical (unpaired) electrons. The van der Waals surface area contributed by atoms with Crippen LogP contribution in [0.1, 0.15) is 33.6 Å². The molecule has 0 aromatic carbocycles. The zero-order valence-electron chi connectivity index (χ0n) is 10.5. The Hall–Kier alpha value is -0.610. The van der Waals surface area contributed by atoms with Crippen molar-refractivity contribution in [2.24, 2.45) is 5.92 Å². The third kappa shape index (κ3) is 4.10. The number of morpholine rings is 1. The quantitative estimate of drug-likeness (QED) is 0.778. The number of carboxylic acid groups (broad SMARTS) is 1. The molecular weight excluding hydrogens is 206 g/mol. The van der Waals surface area contributed by atoms with Gasteiger partial charge in [0.1, 0.15) is 0 Å². The fourth-order valence-electron chi connectivity index (χ4n) is 2.44. The van der Waals surface area contributed by atoms with Crippen LogP contribution in [-0.2, 0) is 9.53 Å². The Morgan fingerprint density at radius 3 is 2.75 bits per heavy atom. The third-order valence-corrected chi connectivity index (χ3v) is 3.06. The van der Waals surface area contributed by atoms with Crippen LogP contribution >= 0.6 is 0 Å². The van der Waals surface area contributed by atoms with Crippen molar-refractivity contribution in [2.75, 3.05) is 19.8 Å². The molecule has 0 amide bonds. The van der Waals surface area contributed by atoms with Crippen LogP contribution in [0.2, 0.25) is 0 Å². The van der Waals surface area contributed by atoms with Crippen LogP contribution in [0.3, 0.4) is 0 Å². The topological polar surface area (TPSA) is 49.8 Å². The Morgan fingerprint density at radius 1 is 1.50 bits per heavy atom. The fourth-order valence-corrected chi connectivity index (χ4v) is 2.44. The van der Waals surface area contributed by atoms with Gasteiger partial charge < -0.3 is 9.84 Å². The Morgan fingerprint density at radius 2 is 2.19 bits per heavy atom. The molecule has 0 saturated carbocycles. The van der Waals surface area contributed by atoms with Gasteiger partial charge in [0.25, 0.3) is 0 Å². The molecule has 1 aliphatic heterocycles. The summed E-state index contributed by atoms with van der Waals surface area (Å²) in [7, 11) is 0. The van der Waals surface area contributed by atoms with Gasteiger partial charge in [0.05, 0.1) is 19.6 Å². The molecule has 94 valence electrons. The van der Waals surface area contributed by atoms with E-state index >= 15 is 0 Å². The first-order valence-electron chi connectivity index (χ1n) is 6.06. The second-order valence-electron chi connectivity index (χ2n) is 5.04. The first-order chi connectivity index (χ1) is 7.50. The lowest BCUT2D eigenvalue weighted by molar-refractivity contribution is -0.140. The minimum Gasteiger partial charge on any atom is -0.481 e. The number of carbonyl (C=O) groups is 1. The first kappa shape index (κ1) is 13.5. The third-order valence-electron chi connectivity index (χ3n) is 3.06. The lowest BCUT2D eigenvalue weighted by Gasteiger charge is -2.39. The highest BCUT2D eigenvalue weighted by Gasteiger charge is 2.28. The lowest BCUT2D eigenvalue weighted by atomic mass is 10.0. The van der Waals surface area contributed by atoms with E-state index in [9.17, 15) is 4.79 Å². The molecular formula is C12H23NO3. The monoisotopic (exact) mass is 229 g/mol. The Bertz CT molecular complexity index is 230. The highest BCUT2D eigenvalue weighted by molar-refractivity contribution is 5.67. The summed E-state index contributed by atoms with van der Waals surface area (Å²) in [4.78, 5) is 13.1. The van der Waals surface area contributed by atoms with Gasteiger partial charge in [0, 0.05) is 18.6 Å². The summed E-state index contributed by atoms with van der Waals surface area (Å²) >= 11 is 0. The molecule has 0 aromatic heterocycles. The van der Waals surface area contributed by atoms with Crippen molar-refractivity contribution in [2.45, 2.75) is 45.7 Å². The molecule has 1 saturated heterocycles. The molecule has 4 heteroatoms. The minimum atomic E-state index is -0.739. The predicted molar refractivity (Wildman–Crippen MR) is 62.5 cm³/mol. The maximum atomic E-state index is 10.8. The number of ether oxygens (including phenoxy) is 1. The van der Waals surface area contributed by atoms with Crippen molar-refractivity contribution in [3.05, 3.63) is 0 Å². The molecule has 1 N–H and O–H groups in total. The summed E-state index contributed by atoms with van der Waals surface area (Å²) < 4.78 is 5.36. The highest BCUT2D eigenvalue weighted by atomic mass is 16.5. The van der Waals surface area contributed by atoms with E-state index in [0.29, 0.717) is 18.6 Å². The van der Waals surface area contributed by atoms with Crippen LogP contribution < -0.4 is 0 Å². The van der Waals surface area contributed by atoms with E-state index in [1.54, 1.807) is 0 Å². The second-order valence-corrected chi connectivity index (χ2v) is 5.04. The summed E-state index contributed by atoms with van der Waals surface area (Å²) in [5.74, 6) is -0.0967. The molecule has 0 aromatic rings. The molecule has 1 aliphatic rings. The Kier molecular flexibility index (Phi) is 5.22. The van der Waals surface area contributed by atoms with Crippen molar-refractivity contribution in [1.29, 1.82) is 0 Å². The predicted octanol–water partition coefficient (Wildman–Crippen LogP) is 1.60. The molecule has 2 atom stereocenters. The normalized spacial score (nSPS) is 24.6. The number of aliphatic carboxylic acids is 1. The smallest absolute Gasteiger partial charge is 0.305 e. The largest absolute Gasteiger partial charge is 0.481 e. The van der Waals surface area contributed by atoms with Gasteiger partial charge in [-0.05, 0) is 19.3 Å². The van der Waals surface area contributed by atoms with E-state index in [2.05, 4.69) is 25.7 Å². The summed E-state index contributed by atoms with van der Waals surface area (Å²) in [6, 6.07) is 0.480. The van der Waals surface area contributed by atoms with Crippen molar-refractivity contribution in [3.63, 3.8) is 0 Å². The first-order valence-corrected chi connectivity index (χ1v) is 6.06. The molecule has 1 heterocycles. The van der Waals surface area contributed by atoms with Gasteiger partial charge in [-0.1, -0.05) is 13.8 Å². The molecule has 0 bridgehead atoms. The maximum absolute atomic E-state index is 10.8. The van der Waals surface area contributed by atoms with Crippen LogP contribution in [0.15, 0.2) is 0 Å². The van der Waals surface area contributed by atoms with Gasteiger partial charge in [-0.15, -0.1) is 0 Å². The van der Waals surface area contributed by atoms with Gasteiger partial charge in [-0.3, -0.25) is 9.69 Å². The van der Waals surface area contributed by atoms with Crippen molar-refractivity contribution < 1.29 is 14.6 Å². The zero-order valence-corrected chi connectivity index (χ0v) is 10.5. The highest BCUT2D eigenvalue weighted by Crippen LogP contribution is 2.18. The van der Waals surface area contributed by atoms with Crippen LogP contribution in [0.5, 0.6) is 0 Å². The summed E-state index contributed by atoms with van der Waals surface area (Å²) in [5, 5.41) is 8.86. The fraction of sp³-hybridized carbons (Fsp3) is 0.917. The molecule has 1 fully saturated rings. The van der Waals surface area contributed by atoms with Gasteiger partial charge in [-0.25, -0.2) is 0 Å². The number of nitrogens with zero attached hydrogens (tertiary/aromatic N) is 1. The average Bonchev–Trinajstić information content (AvgIpc) is 2.16. The van der Waals surface area contributed by atoms with Crippen LogP contribution in [-0.4, -0.2) is 47.8 Å². The Labute approximate surface area is 97.6 Å². The van der Waals surface area contributed by atoms with Gasteiger partial charge in [0.15, 0.2) is 0 Å². The number of hydrogen-bond acceptors (Lipinski definition) is 3. The number of carboxylic acids is 1. The molecule has 4 nitrogen and oxygen atoms in total. The lowest BCUT2D eigenvalue weighted by Crippen LogP contribution is -2.50. The second kappa shape index (κ2) is 6.21. The van der Waals surface area contributed by atoms with E-state index in [1.807, 2.05) is 0 Å². The van der Waals surface area contributed by atoms with Crippen molar-refractivity contribution >= 4 is 5.97 Å². The number of hydrogen-bond donors (Lipinski definition) is 1. The van der Waals surface area contributed by atoms with Gasteiger partial charge in [-0.2, -0.15) is 0 Å². The van der Waals surface area contributed by atoms with Crippen LogP contribution in [0.4, 0.5) is 0 Å². The van der Waals surface area contributed by atoms with Crippen molar-refractivity contribution in [1.82, 2.24) is 4.90 Å². The average molecular weight is 229 g/mol. The van der Waals surface area contributed by atoms with Crippen LogP contribution in [0, 0.1) is 5.92 Å². The van der Waals surface area contributed by atoms with E-state index in [0.717, 1.165) is 19.6 Å². The molecule has 16 heavy (non-hydrogen) atoms. The van der Waals surface area contributed by atoms with Gasteiger partial charge in [0.2, 0.25) is 0 Å². The summed E-state index contributed by atoms with van der Waals surface area (Å²) in [6.45, 7) is 8.70. The minimum absolute atomic E-state index is 0.0417. The molecule has 1 rings (SSSR count). The Balaban J connectivity index is 2.54. The standard InChI is InChI=1S/C12H23NO3/c1-9(2)6-10(3)13-4-5-16-8-11(13)7-12(14)15/h9-11H,4-8H2,1-3H3,(H,14,15). The number of rotatable bonds is 5. The maximum Gasteiger partial charge on any atom is 0.305 e. The van der Waals surface area contributed by atoms with E-state index in [1.165, 1.54) is 0 Å². The van der Waals surface area contributed by atoms with E-state index in [-0.39, 0.29) is 12.5 Å². The van der Waals surface area contributed by atoms with Crippen molar-refractivity contribution in [3.8, 4) is 0 Å². The molecule has 0 spiro atoms. The zero-order chi connectivity index (χ0) is 12.1. The van der Waals surface area contributed by atoms with Gasteiger partial charge >= 0.3 is 5.97 Å². The van der Waals surface area contributed by atoms with Crippen LogP contribution in [0.25, 0.3) is 0 Å². The molecule has 2 unspecified atom stereocenters. The van der Waals surface area contributed by atoms with E-state index < -0.39 is 5.97 Å². The summed E-state index contributed by atoms with van der Waals surface area (Å²) in [6.07, 6.45) is 1.29. The summed E-state index contributed by atoms with van der Waals surface area (Å²) in [5.41, 5.74) is 0. The molecule has 0 aliphatic carbocycles. The SMILES string of the molecule is CC(C)CC(C)N1CCOCC1CC(=O)O. The van der Waals surface area contributed by atoms with E-state index in [4.69, 9.17) is 9.84 Å².